The fourth-order valence-electron chi connectivity index (χ4n) is 8.76. The Morgan fingerprint density at radius 3 is 1.19 bits per heavy atom. The second kappa shape index (κ2) is 54.5. The number of hydrogen-bond donors (Lipinski definition) is 3. The van der Waals surface area contributed by atoms with Crippen molar-refractivity contribution in [1.82, 2.24) is 5.32 Å². The third-order valence-electron chi connectivity index (χ3n) is 13.1. The minimum atomic E-state index is -0.803. The highest BCUT2D eigenvalue weighted by Gasteiger charge is 2.24. The van der Waals surface area contributed by atoms with Crippen LogP contribution < -0.4 is 5.32 Å². The molecule has 0 rings (SSSR count). The van der Waals surface area contributed by atoms with Crippen molar-refractivity contribution in [3.8, 4) is 0 Å². The second-order valence-corrected chi connectivity index (χ2v) is 19.7. The van der Waals surface area contributed by atoms with Crippen molar-refractivity contribution in [3.05, 3.63) is 60.8 Å². The van der Waals surface area contributed by atoms with E-state index in [-0.39, 0.29) is 24.9 Å². The van der Waals surface area contributed by atoms with E-state index in [9.17, 15) is 19.8 Å². The predicted octanol–water partition coefficient (Wildman–Crippen LogP) is 18.0. The molecule has 0 spiro atoms. The summed E-state index contributed by atoms with van der Waals surface area (Å²) in [6.45, 7) is 6.38. The first-order chi connectivity index (χ1) is 33.0. The summed E-state index contributed by atoms with van der Waals surface area (Å²) in [6.07, 6.45) is 68.7. The average molecular weight is 939 g/mol. The lowest BCUT2D eigenvalue weighted by molar-refractivity contribution is -0.151. The van der Waals surface area contributed by atoms with Crippen LogP contribution in [0.2, 0.25) is 0 Å². The first-order valence-corrected chi connectivity index (χ1v) is 29.0. The van der Waals surface area contributed by atoms with Crippen molar-refractivity contribution in [1.29, 1.82) is 0 Å². The zero-order valence-electron chi connectivity index (χ0n) is 44.5. The molecule has 0 fully saturated rings. The quantitative estimate of drug-likeness (QED) is 0.0321. The molecule has 0 aliphatic heterocycles. The van der Waals surface area contributed by atoms with E-state index in [0.29, 0.717) is 19.3 Å². The Morgan fingerprint density at radius 1 is 0.448 bits per heavy atom. The van der Waals surface area contributed by atoms with E-state index in [1.165, 1.54) is 161 Å². The van der Waals surface area contributed by atoms with Crippen LogP contribution in [0.4, 0.5) is 0 Å². The summed E-state index contributed by atoms with van der Waals surface area (Å²) in [5.41, 5.74) is 0. The van der Waals surface area contributed by atoms with Crippen molar-refractivity contribution in [3.63, 3.8) is 0 Å². The van der Waals surface area contributed by atoms with Crippen LogP contribution in [-0.2, 0) is 14.3 Å². The number of rotatable bonds is 52. The van der Waals surface area contributed by atoms with E-state index < -0.39 is 18.2 Å². The topological polar surface area (TPSA) is 95.9 Å². The summed E-state index contributed by atoms with van der Waals surface area (Å²) < 4.78 is 5.94. The van der Waals surface area contributed by atoms with Crippen LogP contribution in [0.3, 0.4) is 0 Å². The molecule has 6 nitrogen and oxygen atoms in total. The van der Waals surface area contributed by atoms with Gasteiger partial charge in [0.05, 0.1) is 25.2 Å². The van der Waals surface area contributed by atoms with Gasteiger partial charge in [-0.3, -0.25) is 9.59 Å². The highest BCUT2D eigenvalue weighted by molar-refractivity contribution is 5.77. The minimum Gasteiger partial charge on any atom is -0.462 e. The molecule has 0 saturated carbocycles. The zero-order valence-corrected chi connectivity index (χ0v) is 44.5. The number of unbranched alkanes of at least 4 members (excludes halogenated alkanes) is 30. The van der Waals surface area contributed by atoms with Gasteiger partial charge in [-0.25, -0.2) is 0 Å². The van der Waals surface area contributed by atoms with Gasteiger partial charge in [0.25, 0.3) is 0 Å². The van der Waals surface area contributed by atoms with Gasteiger partial charge in [-0.15, -0.1) is 0 Å². The Labute approximate surface area is 416 Å². The SMILES string of the molecule is CC/C=C\C/C=C\C/C=C\C/C=C\C/C=C\CCCC(CC(=O)NC(CO)C(O)CCCCCCCCCCCCCC)OC(=O)CCCCCCCCCCCCCCCCCCCCC. The maximum absolute atomic E-state index is 13.3. The summed E-state index contributed by atoms with van der Waals surface area (Å²) in [5, 5.41) is 23.8. The second-order valence-electron chi connectivity index (χ2n) is 19.7. The van der Waals surface area contributed by atoms with Crippen LogP contribution in [0, 0.1) is 0 Å². The molecule has 0 radical (unpaired) electrons. The molecule has 3 unspecified atom stereocenters. The molecule has 0 bridgehead atoms. The van der Waals surface area contributed by atoms with Gasteiger partial charge in [-0.2, -0.15) is 0 Å². The summed E-state index contributed by atoms with van der Waals surface area (Å²) in [5.74, 6) is -0.519. The smallest absolute Gasteiger partial charge is 0.306 e. The number of aliphatic hydroxyl groups excluding tert-OH is 2. The Morgan fingerprint density at radius 2 is 0.806 bits per heavy atom. The lowest BCUT2D eigenvalue weighted by atomic mass is 10.0. The maximum Gasteiger partial charge on any atom is 0.306 e. The normalized spacial score (nSPS) is 13.6. The van der Waals surface area contributed by atoms with Crippen LogP contribution in [0.5, 0.6) is 0 Å². The zero-order chi connectivity index (χ0) is 48.8. The lowest BCUT2D eigenvalue weighted by Crippen LogP contribution is -2.46. The first kappa shape index (κ1) is 64.6. The van der Waals surface area contributed by atoms with Gasteiger partial charge in [0.15, 0.2) is 0 Å². The molecule has 0 aliphatic rings. The van der Waals surface area contributed by atoms with Crippen LogP contribution in [0.25, 0.3) is 0 Å². The predicted molar refractivity (Wildman–Crippen MR) is 292 cm³/mol. The fraction of sp³-hybridized carbons (Fsp3) is 0.803. The molecular weight excluding hydrogens is 827 g/mol. The van der Waals surface area contributed by atoms with Crippen LogP contribution >= 0.6 is 0 Å². The molecule has 0 aromatic carbocycles. The van der Waals surface area contributed by atoms with Crippen molar-refractivity contribution < 1.29 is 24.5 Å². The van der Waals surface area contributed by atoms with E-state index >= 15 is 0 Å². The van der Waals surface area contributed by atoms with Crippen LogP contribution in [-0.4, -0.2) is 46.9 Å². The molecule has 3 N–H and O–H groups in total. The molecule has 1 amide bonds. The molecule has 0 aliphatic carbocycles. The lowest BCUT2D eigenvalue weighted by Gasteiger charge is -2.24. The van der Waals surface area contributed by atoms with Gasteiger partial charge >= 0.3 is 5.97 Å². The number of hydrogen-bond acceptors (Lipinski definition) is 5. The largest absolute Gasteiger partial charge is 0.462 e. The number of carbonyl (C=O) groups excluding carboxylic acids is 2. The van der Waals surface area contributed by atoms with E-state index in [1.54, 1.807) is 0 Å². The maximum atomic E-state index is 13.3. The van der Waals surface area contributed by atoms with Gasteiger partial charge in [-0.05, 0) is 64.2 Å². The molecule has 0 saturated heterocycles. The van der Waals surface area contributed by atoms with Gasteiger partial charge in [0, 0.05) is 6.42 Å². The van der Waals surface area contributed by atoms with Gasteiger partial charge in [0.2, 0.25) is 5.91 Å². The summed E-state index contributed by atoms with van der Waals surface area (Å²) in [7, 11) is 0. The Bertz CT molecular complexity index is 1190. The number of ether oxygens (including phenoxy) is 1. The molecular formula is C61H111NO5. The Kier molecular flexibility index (Phi) is 52.5. The third-order valence-corrected chi connectivity index (χ3v) is 13.1. The standard InChI is InChI=1S/C61H111NO5/c1-4-7-10-13-16-19-22-25-27-29-30-32-34-36-39-42-45-48-51-54-61(66)67-57(52-49-46-43-40-37-35-33-31-28-26-23-20-17-14-11-8-5-2)55-60(65)62-58(56-63)59(64)53-50-47-44-41-38-24-21-18-15-12-9-6-3/h8,11,17,20,26,28,33,35,40,43,57-59,63-64H,4-7,9-10,12-16,18-19,21-25,27,29-32,34,36-39,41-42,44-56H2,1-3H3,(H,62,65)/b11-8-,20-17-,28-26-,35-33-,43-40-. The van der Waals surface area contributed by atoms with Crippen molar-refractivity contribution in [2.45, 2.75) is 309 Å². The van der Waals surface area contributed by atoms with Gasteiger partial charge in [-0.1, -0.05) is 274 Å². The number of amides is 1. The molecule has 3 atom stereocenters. The molecule has 390 valence electrons. The Balaban J connectivity index is 4.61. The summed E-state index contributed by atoms with van der Waals surface area (Å²) in [6, 6.07) is -0.720. The van der Waals surface area contributed by atoms with Crippen molar-refractivity contribution >= 4 is 11.9 Å². The van der Waals surface area contributed by atoms with Gasteiger partial charge < -0.3 is 20.3 Å². The number of esters is 1. The van der Waals surface area contributed by atoms with E-state index in [2.05, 4.69) is 86.8 Å². The van der Waals surface area contributed by atoms with Crippen molar-refractivity contribution in [2.75, 3.05) is 6.61 Å². The third kappa shape index (κ3) is 49.8. The molecule has 0 heterocycles. The van der Waals surface area contributed by atoms with E-state index in [1.807, 2.05) is 0 Å². The summed E-state index contributed by atoms with van der Waals surface area (Å²) >= 11 is 0. The monoisotopic (exact) mass is 938 g/mol. The molecule has 6 heteroatoms. The number of nitrogens with one attached hydrogen (secondary N) is 1. The number of aliphatic hydroxyl groups is 2. The van der Waals surface area contributed by atoms with Crippen LogP contribution in [0.1, 0.15) is 290 Å². The van der Waals surface area contributed by atoms with E-state index in [0.717, 1.165) is 83.5 Å². The average Bonchev–Trinajstić information content (AvgIpc) is 3.32. The molecule has 67 heavy (non-hydrogen) atoms. The number of carbonyl (C=O) groups is 2. The fourth-order valence-corrected chi connectivity index (χ4v) is 8.76. The minimum absolute atomic E-state index is 0.0401. The highest BCUT2D eigenvalue weighted by Crippen LogP contribution is 2.18. The Hall–Kier alpha value is -2.44. The molecule has 0 aromatic rings. The summed E-state index contributed by atoms with van der Waals surface area (Å²) in [4.78, 5) is 26.3. The van der Waals surface area contributed by atoms with E-state index in [4.69, 9.17) is 4.74 Å². The first-order valence-electron chi connectivity index (χ1n) is 29.0. The molecule has 0 aromatic heterocycles. The number of allylic oxidation sites excluding steroid dienone is 10. The van der Waals surface area contributed by atoms with Gasteiger partial charge in [0.1, 0.15) is 6.10 Å². The van der Waals surface area contributed by atoms with Crippen LogP contribution in [0.15, 0.2) is 60.8 Å². The highest BCUT2D eigenvalue weighted by atomic mass is 16.5. The van der Waals surface area contributed by atoms with Crippen molar-refractivity contribution in [2.24, 2.45) is 0 Å².